The van der Waals surface area contributed by atoms with E-state index in [4.69, 9.17) is 4.43 Å². The molecule has 0 saturated heterocycles. The third kappa shape index (κ3) is 3.25. The number of rotatable bonds is 3. The van der Waals surface area contributed by atoms with Gasteiger partial charge in [0.25, 0.3) is 8.32 Å². The fourth-order valence-electron chi connectivity index (χ4n) is 0.586. The molecular weight excluding hydrogens is 196 g/mol. The Kier molecular flexibility index (Phi) is 4.06. The molecule has 0 aromatic heterocycles. The Morgan fingerprint density at radius 3 is 1.93 bits per heavy atom. The third-order valence-corrected chi connectivity index (χ3v) is 7.01. The summed E-state index contributed by atoms with van der Waals surface area (Å²) in [7, 11) is -2.12. The van der Waals surface area contributed by atoms with Gasteiger partial charge in [0.1, 0.15) is 0 Å². The summed E-state index contributed by atoms with van der Waals surface area (Å²) in [5, 5.41) is -0.0450. The average molecular weight is 216 g/mol. The lowest BCUT2D eigenvalue weighted by Crippen LogP contribution is -2.44. The zero-order chi connectivity index (χ0) is 11.6. The Balaban J connectivity index is 4.53. The molecule has 0 aromatic rings. The lowest BCUT2D eigenvalue weighted by molar-refractivity contribution is -0.147. The largest absolute Gasteiger partial charge is 0.514 e. The highest BCUT2D eigenvalue weighted by Crippen LogP contribution is 2.36. The molecule has 0 aliphatic carbocycles. The summed E-state index contributed by atoms with van der Waals surface area (Å²) in [6.07, 6.45) is 0.216. The van der Waals surface area contributed by atoms with Crippen molar-refractivity contribution in [2.75, 3.05) is 0 Å². The minimum Gasteiger partial charge on any atom is -0.514 e. The van der Waals surface area contributed by atoms with Crippen molar-refractivity contribution in [2.24, 2.45) is 0 Å². The van der Waals surface area contributed by atoms with Crippen molar-refractivity contribution in [1.82, 2.24) is 0 Å². The van der Waals surface area contributed by atoms with Gasteiger partial charge in [-0.25, -0.2) is 4.79 Å². The van der Waals surface area contributed by atoms with Gasteiger partial charge in [0.05, 0.1) is 0 Å². The SMILES string of the molecule is CCC(=O)C(=O)O[Si](C)(C)C(C)(C)C. The quantitative estimate of drug-likeness (QED) is 0.538. The van der Waals surface area contributed by atoms with Gasteiger partial charge in [-0.2, -0.15) is 0 Å². The van der Waals surface area contributed by atoms with E-state index in [0.717, 1.165) is 0 Å². The smallest absolute Gasteiger partial charge is 0.361 e. The molecule has 0 fully saturated rings. The predicted molar refractivity (Wildman–Crippen MR) is 58.6 cm³/mol. The number of carbonyl (C=O) groups excluding carboxylic acids is 2. The topological polar surface area (TPSA) is 43.4 Å². The van der Waals surface area contributed by atoms with Crippen LogP contribution in [-0.2, 0) is 14.0 Å². The molecule has 0 rings (SSSR count). The van der Waals surface area contributed by atoms with Crippen molar-refractivity contribution in [3.05, 3.63) is 0 Å². The Bertz CT molecular complexity index is 238. The molecule has 0 N–H and O–H groups in total. The van der Waals surface area contributed by atoms with Gasteiger partial charge in [-0.05, 0) is 18.1 Å². The second-order valence-electron chi connectivity index (χ2n) is 4.93. The molecule has 82 valence electrons. The van der Waals surface area contributed by atoms with Crippen molar-refractivity contribution in [3.8, 4) is 0 Å². The molecule has 0 aromatic carbocycles. The van der Waals surface area contributed by atoms with Crippen LogP contribution >= 0.6 is 0 Å². The van der Waals surface area contributed by atoms with Crippen LogP contribution in [0, 0.1) is 0 Å². The maximum Gasteiger partial charge on any atom is 0.361 e. The van der Waals surface area contributed by atoms with E-state index in [9.17, 15) is 9.59 Å². The molecule has 0 atom stereocenters. The van der Waals surface area contributed by atoms with Crippen LogP contribution in [0.2, 0.25) is 18.1 Å². The minimum absolute atomic E-state index is 0.0450. The third-order valence-electron chi connectivity index (χ3n) is 2.70. The first-order valence-corrected chi connectivity index (χ1v) is 7.79. The number of hydrogen-bond donors (Lipinski definition) is 0. The Morgan fingerprint density at radius 1 is 1.21 bits per heavy atom. The molecule has 0 radical (unpaired) electrons. The highest BCUT2D eigenvalue weighted by atomic mass is 28.4. The van der Waals surface area contributed by atoms with Gasteiger partial charge >= 0.3 is 5.97 Å². The Morgan fingerprint density at radius 2 is 1.64 bits per heavy atom. The summed E-state index contributed by atoms with van der Waals surface area (Å²) in [5.74, 6) is -1.10. The molecular formula is C10H20O3Si. The molecule has 0 saturated carbocycles. The zero-order valence-electron chi connectivity index (χ0n) is 9.93. The van der Waals surface area contributed by atoms with Crippen LogP contribution in [0.5, 0.6) is 0 Å². The van der Waals surface area contributed by atoms with E-state index in [2.05, 4.69) is 0 Å². The lowest BCUT2D eigenvalue weighted by atomic mass is 10.2. The van der Waals surface area contributed by atoms with Gasteiger partial charge in [0.15, 0.2) is 0 Å². The lowest BCUT2D eigenvalue weighted by Gasteiger charge is -2.35. The van der Waals surface area contributed by atoms with Crippen molar-refractivity contribution in [1.29, 1.82) is 0 Å². The van der Waals surface area contributed by atoms with Gasteiger partial charge < -0.3 is 4.43 Å². The molecule has 0 spiro atoms. The molecule has 4 heteroatoms. The first kappa shape index (κ1) is 13.4. The van der Waals surface area contributed by atoms with Crippen LogP contribution in [0.3, 0.4) is 0 Å². The van der Waals surface area contributed by atoms with E-state index in [1.165, 1.54) is 0 Å². The summed E-state index contributed by atoms with van der Waals surface area (Å²) in [4.78, 5) is 22.4. The molecule has 0 aliphatic heterocycles. The van der Waals surface area contributed by atoms with Crippen LogP contribution in [0.15, 0.2) is 0 Å². The van der Waals surface area contributed by atoms with Crippen LogP contribution in [0.4, 0.5) is 0 Å². The predicted octanol–water partition coefficient (Wildman–Crippen LogP) is 2.51. The molecule has 0 bridgehead atoms. The monoisotopic (exact) mass is 216 g/mol. The summed E-state index contributed by atoms with van der Waals surface area (Å²) >= 11 is 0. The number of hydrogen-bond acceptors (Lipinski definition) is 3. The highest BCUT2D eigenvalue weighted by molar-refractivity contribution is 6.76. The van der Waals surface area contributed by atoms with Crippen molar-refractivity contribution >= 4 is 20.1 Å². The summed E-state index contributed by atoms with van der Waals surface area (Å²) in [5.41, 5.74) is 0. The number of carbonyl (C=O) groups is 2. The standard InChI is InChI=1S/C10H20O3Si/c1-7-8(11)9(12)13-14(5,6)10(2,3)4/h7H2,1-6H3. The maximum atomic E-state index is 11.3. The number of ketones is 1. The maximum absolute atomic E-state index is 11.3. The molecule has 0 amide bonds. The van der Waals surface area contributed by atoms with Gasteiger partial charge in [-0.1, -0.05) is 27.7 Å². The molecule has 14 heavy (non-hydrogen) atoms. The Labute approximate surface area is 87.0 Å². The first-order valence-electron chi connectivity index (χ1n) is 4.88. The van der Waals surface area contributed by atoms with E-state index >= 15 is 0 Å². The van der Waals surface area contributed by atoms with Crippen molar-refractivity contribution in [2.45, 2.75) is 52.2 Å². The fourth-order valence-corrected chi connectivity index (χ4v) is 1.47. The second-order valence-corrected chi connectivity index (χ2v) is 9.65. The average Bonchev–Trinajstić information content (AvgIpc) is 2.00. The van der Waals surface area contributed by atoms with Gasteiger partial charge in [-0.3, -0.25) is 4.79 Å². The summed E-state index contributed by atoms with van der Waals surface area (Å²) < 4.78 is 5.31. The zero-order valence-corrected chi connectivity index (χ0v) is 10.9. The molecule has 0 heterocycles. The Hall–Kier alpha value is -0.643. The van der Waals surface area contributed by atoms with Crippen LogP contribution in [0.1, 0.15) is 34.1 Å². The van der Waals surface area contributed by atoms with E-state index < -0.39 is 20.1 Å². The van der Waals surface area contributed by atoms with E-state index in [-0.39, 0.29) is 11.5 Å². The molecule has 0 aliphatic rings. The second kappa shape index (κ2) is 4.25. The van der Waals surface area contributed by atoms with Crippen LogP contribution in [0.25, 0.3) is 0 Å². The van der Waals surface area contributed by atoms with E-state index in [0.29, 0.717) is 0 Å². The van der Waals surface area contributed by atoms with Crippen molar-refractivity contribution in [3.63, 3.8) is 0 Å². The van der Waals surface area contributed by atoms with E-state index in [1.807, 2.05) is 33.9 Å². The van der Waals surface area contributed by atoms with Gasteiger partial charge in [-0.15, -0.1) is 0 Å². The first-order chi connectivity index (χ1) is 6.12. The van der Waals surface area contributed by atoms with Crippen molar-refractivity contribution < 1.29 is 14.0 Å². The highest BCUT2D eigenvalue weighted by Gasteiger charge is 2.41. The fraction of sp³-hybridized carbons (Fsp3) is 0.800. The molecule has 0 unspecified atom stereocenters. The molecule has 3 nitrogen and oxygen atoms in total. The minimum atomic E-state index is -2.12. The number of Topliss-reactive ketones (excluding diaryl/α,β-unsaturated/α-hetero) is 1. The van der Waals surface area contributed by atoms with Gasteiger partial charge in [0, 0.05) is 6.42 Å². The van der Waals surface area contributed by atoms with E-state index in [1.54, 1.807) is 6.92 Å². The summed E-state index contributed by atoms with van der Waals surface area (Å²) in [6, 6.07) is 0. The summed E-state index contributed by atoms with van der Waals surface area (Å²) in [6.45, 7) is 11.7. The van der Waals surface area contributed by atoms with Crippen LogP contribution < -0.4 is 0 Å². The van der Waals surface area contributed by atoms with Crippen LogP contribution in [-0.4, -0.2) is 20.1 Å². The normalized spacial score (nSPS) is 12.4. The van der Waals surface area contributed by atoms with Gasteiger partial charge in [0.2, 0.25) is 5.78 Å².